The van der Waals surface area contributed by atoms with Gasteiger partial charge in [0, 0.05) is 36.6 Å². The summed E-state index contributed by atoms with van der Waals surface area (Å²) in [6, 6.07) is 5.36. The number of hydrogen-bond donors (Lipinski definition) is 1. The van der Waals surface area contributed by atoms with Gasteiger partial charge in [-0.15, -0.1) is 0 Å². The summed E-state index contributed by atoms with van der Waals surface area (Å²) in [5.74, 6) is -0.643. The van der Waals surface area contributed by atoms with Crippen molar-refractivity contribution in [3.63, 3.8) is 0 Å². The van der Waals surface area contributed by atoms with E-state index < -0.39 is 5.82 Å². The van der Waals surface area contributed by atoms with Crippen LogP contribution in [0.5, 0.6) is 0 Å². The fourth-order valence-electron chi connectivity index (χ4n) is 3.60. The van der Waals surface area contributed by atoms with E-state index in [-0.39, 0.29) is 17.0 Å². The Morgan fingerprint density at radius 1 is 1.19 bits per heavy atom. The van der Waals surface area contributed by atoms with Gasteiger partial charge in [-0.25, -0.2) is 4.39 Å². The Bertz CT molecular complexity index is 825. The predicted octanol–water partition coefficient (Wildman–Crippen LogP) is 3.01. The van der Waals surface area contributed by atoms with Crippen LogP contribution in [0.25, 0.3) is 10.9 Å². The number of likely N-dealkylation sites (N-methyl/N-ethyl adjacent to an activating group) is 1. The van der Waals surface area contributed by atoms with E-state index in [1.807, 2.05) is 6.92 Å². The van der Waals surface area contributed by atoms with Gasteiger partial charge in [-0.05, 0) is 51.1 Å². The number of aromatic amines is 1. The molecule has 2 aromatic rings. The van der Waals surface area contributed by atoms with Crippen LogP contribution in [-0.4, -0.2) is 53.4 Å². The second-order valence-electron chi connectivity index (χ2n) is 6.88. The Labute approximate surface area is 152 Å². The van der Waals surface area contributed by atoms with Crippen LogP contribution in [-0.2, 0) is 0 Å². The molecule has 0 atom stereocenters. The van der Waals surface area contributed by atoms with E-state index in [4.69, 9.17) is 0 Å². The molecule has 26 heavy (non-hydrogen) atoms. The monoisotopic (exact) mass is 359 g/mol. The fourth-order valence-corrected chi connectivity index (χ4v) is 3.60. The van der Waals surface area contributed by atoms with E-state index in [0.29, 0.717) is 24.0 Å². The maximum Gasteiger partial charge on any atom is 0.254 e. The molecule has 1 saturated heterocycles. The second kappa shape index (κ2) is 8.45. The zero-order valence-corrected chi connectivity index (χ0v) is 15.3. The quantitative estimate of drug-likeness (QED) is 0.893. The summed E-state index contributed by atoms with van der Waals surface area (Å²) in [5, 5.41) is 0.447. The highest BCUT2D eigenvalue weighted by molar-refractivity contribution is 6.05. The molecule has 1 aromatic carbocycles. The predicted molar refractivity (Wildman–Crippen MR) is 101 cm³/mol. The number of aromatic nitrogens is 1. The second-order valence-corrected chi connectivity index (χ2v) is 6.88. The number of fused-ring (bicyclic) bond motifs is 1. The molecule has 0 saturated carbocycles. The normalized spacial score (nSPS) is 15.8. The van der Waals surface area contributed by atoms with Crippen LogP contribution >= 0.6 is 0 Å². The number of nitrogens with zero attached hydrogens (tertiary/aromatic N) is 2. The number of hydrogen-bond acceptors (Lipinski definition) is 3. The average Bonchev–Trinajstić information content (AvgIpc) is 2.90. The molecule has 3 rings (SSSR count). The topological polar surface area (TPSA) is 56.4 Å². The number of carbonyl (C=O) groups is 1. The number of halogens is 1. The van der Waals surface area contributed by atoms with Crippen molar-refractivity contribution in [2.24, 2.45) is 0 Å². The van der Waals surface area contributed by atoms with Gasteiger partial charge in [0.25, 0.3) is 5.91 Å². The molecule has 0 aliphatic carbocycles. The summed E-state index contributed by atoms with van der Waals surface area (Å²) in [4.78, 5) is 31.7. The van der Waals surface area contributed by atoms with E-state index in [1.165, 1.54) is 49.9 Å². The van der Waals surface area contributed by atoms with Crippen molar-refractivity contribution in [1.29, 1.82) is 0 Å². The molecule has 0 unspecified atom stereocenters. The average molecular weight is 359 g/mol. The summed E-state index contributed by atoms with van der Waals surface area (Å²) in [7, 11) is 0. The molecular formula is C20H26FN3O2. The minimum Gasteiger partial charge on any atom is -0.338 e. The van der Waals surface area contributed by atoms with Crippen molar-refractivity contribution in [1.82, 2.24) is 14.8 Å². The van der Waals surface area contributed by atoms with Gasteiger partial charge in [0.2, 0.25) is 5.56 Å². The maximum absolute atomic E-state index is 13.7. The first-order chi connectivity index (χ1) is 12.6. The highest BCUT2D eigenvalue weighted by atomic mass is 19.1. The van der Waals surface area contributed by atoms with Crippen molar-refractivity contribution in [3.05, 3.63) is 46.0 Å². The third-order valence-electron chi connectivity index (χ3n) is 5.09. The molecule has 1 aliphatic heterocycles. The van der Waals surface area contributed by atoms with Crippen LogP contribution in [0.15, 0.2) is 29.1 Å². The number of nitrogens with one attached hydrogen (secondary N) is 1. The number of rotatable bonds is 5. The molecule has 5 nitrogen and oxygen atoms in total. The zero-order valence-electron chi connectivity index (χ0n) is 15.3. The lowest BCUT2D eigenvalue weighted by Crippen LogP contribution is -2.39. The summed E-state index contributed by atoms with van der Waals surface area (Å²) in [6.07, 6.45) is 4.96. The Morgan fingerprint density at radius 3 is 2.62 bits per heavy atom. The van der Waals surface area contributed by atoms with Crippen LogP contribution < -0.4 is 5.56 Å². The third-order valence-corrected chi connectivity index (χ3v) is 5.09. The molecule has 0 radical (unpaired) electrons. The van der Waals surface area contributed by atoms with Crippen LogP contribution in [0.2, 0.25) is 0 Å². The van der Waals surface area contributed by atoms with E-state index in [0.717, 1.165) is 19.6 Å². The van der Waals surface area contributed by atoms with Crippen LogP contribution in [0.1, 0.15) is 43.0 Å². The van der Waals surface area contributed by atoms with Crippen LogP contribution in [0.3, 0.4) is 0 Å². The number of likely N-dealkylation sites (tertiary alicyclic amines) is 1. The first-order valence-corrected chi connectivity index (χ1v) is 9.42. The van der Waals surface area contributed by atoms with Gasteiger partial charge in [0.1, 0.15) is 5.82 Å². The van der Waals surface area contributed by atoms with Gasteiger partial charge in [-0.1, -0.05) is 12.8 Å². The van der Waals surface area contributed by atoms with E-state index >= 15 is 0 Å². The Morgan fingerprint density at radius 2 is 1.92 bits per heavy atom. The molecule has 1 aromatic heterocycles. The van der Waals surface area contributed by atoms with Crippen molar-refractivity contribution in [3.8, 4) is 0 Å². The summed E-state index contributed by atoms with van der Waals surface area (Å²) < 4.78 is 13.7. The number of carbonyl (C=O) groups excluding carboxylic acids is 1. The Balaban J connectivity index is 1.80. The van der Waals surface area contributed by atoms with Gasteiger partial charge >= 0.3 is 0 Å². The lowest BCUT2D eigenvalue weighted by molar-refractivity contribution is 0.0747. The highest BCUT2D eigenvalue weighted by Gasteiger charge is 2.19. The summed E-state index contributed by atoms with van der Waals surface area (Å²) in [6.45, 7) is 6.07. The number of amides is 1. The molecule has 1 N–H and O–H groups in total. The molecule has 0 bridgehead atoms. The van der Waals surface area contributed by atoms with E-state index in [1.54, 1.807) is 4.90 Å². The number of benzene rings is 1. The summed E-state index contributed by atoms with van der Waals surface area (Å²) in [5.41, 5.74) is 0.391. The molecular weight excluding hydrogens is 333 g/mol. The molecule has 0 spiro atoms. The highest BCUT2D eigenvalue weighted by Crippen LogP contribution is 2.18. The molecule has 140 valence electrons. The van der Waals surface area contributed by atoms with Gasteiger partial charge in [-0.2, -0.15) is 0 Å². The van der Waals surface area contributed by atoms with Crippen molar-refractivity contribution in [2.45, 2.75) is 32.6 Å². The van der Waals surface area contributed by atoms with Gasteiger partial charge in [0.15, 0.2) is 0 Å². The van der Waals surface area contributed by atoms with Gasteiger partial charge < -0.3 is 14.8 Å². The third kappa shape index (κ3) is 4.30. The molecule has 1 fully saturated rings. The standard InChI is InChI=1S/C20H26FN3O2/c1-2-24(12-11-23-9-5-3-4-6-10-23)20(26)17-14-19(25)22-18-8-7-15(21)13-16(17)18/h7-8,13-14H,2-6,9-12H2,1H3,(H,22,25). The van der Waals surface area contributed by atoms with Crippen LogP contribution in [0, 0.1) is 5.82 Å². The number of pyridine rings is 1. The maximum atomic E-state index is 13.7. The molecule has 6 heteroatoms. The van der Waals surface area contributed by atoms with Crippen molar-refractivity contribution < 1.29 is 9.18 Å². The Kier molecular flexibility index (Phi) is 6.04. The minimum absolute atomic E-state index is 0.218. The zero-order chi connectivity index (χ0) is 18.5. The fraction of sp³-hybridized carbons (Fsp3) is 0.500. The molecule has 1 amide bonds. The lowest BCUT2D eigenvalue weighted by Gasteiger charge is -2.26. The van der Waals surface area contributed by atoms with Crippen LogP contribution in [0.4, 0.5) is 4.39 Å². The lowest BCUT2D eigenvalue weighted by atomic mass is 10.1. The Hall–Kier alpha value is -2.21. The molecule has 2 heterocycles. The van der Waals surface area contributed by atoms with E-state index in [2.05, 4.69) is 9.88 Å². The largest absolute Gasteiger partial charge is 0.338 e. The minimum atomic E-state index is -0.425. The smallest absolute Gasteiger partial charge is 0.254 e. The first kappa shape index (κ1) is 18.6. The van der Waals surface area contributed by atoms with Gasteiger partial charge in [0.05, 0.1) is 5.56 Å². The number of H-pyrrole nitrogens is 1. The first-order valence-electron chi connectivity index (χ1n) is 9.42. The van der Waals surface area contributed by atoms with Crippen molar-refractivity contribution >= 4 is 16.8 Å². The van der Waals surface area contributed by atoms with E-state index in [9.17, 15) is 14.0 Å². The molecule has 1 aliphatic rings. The SMILES string of the molecule is CCN(CCN1CCCCCC1)C(=O)c1cc(=O)[nH]c2ccc(F)cc12. The summed E-state index contributed by atoms with van der Waals surface area (Å²) >= 11 is 0. The van der Waals surface area contributed by atoms with Gasteiger partial charge in [-0.3, -0.25) is 9.59 Å². The van der Waals surface area contributed by atoms with Crippen molar-refractivity contribution in [2.75, 3.05) is 32.7 Å².